The maximum atomic E-state index is 11.1. The van der Waals surface area contributed by atoms with Crippen LogP contribution in [-0.4, -0.2) is 22.5 Å². The van der Waals surface area contributed by atoms with Crippen molar-refractivity contribution in [2.45, 2.75) is 6.92 Å². The molecule has 0 fully saturated rings. The van der Waals surface area contributed by atoms with Crippen molar-refractivity contribution in [3.8, 4) is 0 Å². The van der Waals surface area contributed by atoms with Crippen LogP contribution in [0.1, 0.15) is 6.92 Å². The molecule has 18 heavy (non-hydrogen) atoms. The van der Waals surface area contributed by atoms with Gasteiger partial charge in [-0.15, -0.1) is 0 Å². The van der Waals surface area contributed by atoms with Crippen LogP contribution in [0.3, 0.4) is 0 Å². The van der Waals surface area contributed by atoms with Gasteiger partial charge in [-0.25, -0.2) is 4.79 Å². The van der Waals surface area contributed by atoms with E-state index in [2.05, 4.69) is 10.1 Å². The van der Waals surface area contributed by atoms with Crippen LogP contribution in [0, 0.1) is 20.2 Å². The molecule has 0 atom stereocenters. The molecule has 9 nitrogen and oxygen atoms in total. The average Bonchev–Trinajstić information content (AvgIpc) is 2.28. The van der Waals surface area contributed by atoms with E-state index < -0.39 is 27.3 Å². The highest BCUT2D eigenvalue weighted by Gasteiger charge is 2.17. The lowest BCUT2D eigenvalue weighted by molar-refractivity contribution is -0.394. The van der Waals surface area contributed by atoms with E-state index in [4.69, 9.17) is 0 Å². The van der Waals surface area contributed by atoms with Gasteiger partial charge in [-0.05, 0) is 6.92 Å². The van der Waals surface area contributed by atoms with Crippen molar-refractivity contribution in [3.63, 3.8) is 0 Å². The summed E-state index contributed by atoms with van der Waals surface area (Å²) in [5, 5.41) is 23.3. The van der Waals surface area contributed by atoms with E-state index in [-0.39, 0.29) is 12.3 Å². The van der Waals surface area contributed by atoms with Crippen molar-refractivity contribution in [3.05, 3.63) is 38.4 Å². The highest BCUT2D eigenvalue weighted by molar-refractivity contribution is 5.85. The molecule has 1 aromatic carbocycles. The van der Waals surface area contributed by atoms with E-state index in [9.17, 15) is 25.0 Å². The zero-order valence-electron chi connectivity index (χ0n) is 9.28. The van der Waals surface area contributed by atoms with Crippen LogP contribution in [0.2, 0.25) is 0 Å². The van der Waals surface area contributed by atoms with Gasteiger partial charge in [0.25, 0.3) is 11.4 Å². The molecule has 0 bridgehead atoms. The SMILES string of the molecule is CCOC(=O)Nc1cc([N+](=O)[O-])cc([N+](=O)[O-])c1. The quantitative estimate of drug-likeness (QED) is 0.648. The molecule has 0 aliphatic carbocycles. The topological polar surface area (TPSA) is 125 Å². The number of anilines is 1. The fraction of sp³-hybridized carbons (Fsp3) is 0.222. The van der Waals surface area contributed by atoms with Gasteiger partial charge >= 0.3 is 6.09 Å². The molecule has 1 amide bonds. The molecule has 0 spiro atoms. The maximum Gasteiger partial charge on any atom is 0.411 e. The Labute approximate surface area is 101 Å². The molecule has 0 unspecified atom stereocenters. The Hall–Kier alpha value is -2.71. The summed E-state index contributed by atoms with van der Waals surface area (Å²) < 4.78 is 4.56. The van der Waals surface area contributed by atoms with Crippen LogP contribution in [0.15, 0.2) is 18.2 Å². The molecule has 1 rings (SSSR count). The summed E-state index contributed by atoms with van der Waals surface area (Å²) >= 11 is 0. The molecule has 0 saturated heterocycles. The molecule has 0 radical (unpaired) electrons. The third kappa shape index (κ3) is 3.40. The van der Waals surface area contributed by atoms with Crippen molar-refractivity contribution >= 4 is 23.2 Å². The third-order valence-electron chi connectivity index (χ3n) is 1.85. The maximum absolute atomic E-state index is 11.1. The van der Waals surface area contributed by atoms with Crippen LogP contribution in [-0.2, 0) is 4.74 Å². The van der Waals surface area contributed by atoms with Gasteiger partial charge in [-0.1, -0.05) is 0 Å². The van der Waals surface area contributed by atoms with Gasteiger partial charge in [0.05, 0.1) is 28.2 Å². The van der Waals surface area contributed by atoms with Gasteiger partial charge in [0.2, 0.25) is 0 Å². The minimum atomic E-state index is -0.840. The third-order valence-corrected chi connectivity index (χ3v) is 1.85. The first kappa shape index (κ1) is 13.4. The summed E-state index contributed by atoms with van der Waals surface area (Å²) in [5.41, 5.74) is -1.05. The van der Waals surface area contributed by atoms with Crippen LogP contribution in [0.5, 0.6) is 0 Å². The molecule has 9 heteroatoms. The number of non-ortho nitro benzene ring substituents is 2. The minimum Gasteiger partial charge on any atom is -0.450 e. The second kappa shape index (κ2) is 5.57. The number of nitro groups is 2. The number of hydrogen-bond donors (Lipinski definition) is 1. The number of nitrogens with one attached hydrogen (secondary N) is 1. The Morgan fingerprint density at radius 3 is 2.11 bits per heavy atom. The molecular formula is C9H9N3O6. The molecule has 0 aliphatic heterocycles. The molecule has 0 aromatic heterocycles. The Morgan fingerprint density at radius 2 is 1.72 bits per heavy atom. The lowest BCUT2D eigenvalue weighted by Crippen LogP contribution is -2.13. The number of nitrogens with zero attached hydrogens (tertiary/aromatic N) is 2. The number of rotatable bonds is 4. The first-order valence-corrected chi connectivity index (χ1v) is 4.81. The number of benzene rings is 1. The van der Waals surface area contributed by atoms with Gasteiger partial charge in [-0.2, -0.15) is 0 Å². The normalized spacial score (nSPS) is 9.61. The van der Waals surface area contributed by atoms with E-state index >= 15 is 0 Å². The molecule has 0 aliphatic rings. The summed E-state index contributed by atoms with van der Waals surface area (Å²) in [6, 6.07) is 2.81. The summed E-state index contributed by atoms with van der Waals surface area (Å²) in [4.78, 5) is 30.7. The molecule has 96 valence electrons. The molecule has 0 heterocycles. The van der Waals surface area contributed by atoms with E-state index in [1.807, 2.05) is 0 Å². The van der Waals surface area contributed by atoms with Crippen molar-refractivity contribution < 1.29 is 19.4 Å². The summed E-state index contributed by atoms with van der Waals surface area (Å²) in [7, 11) is 0. The predicted molar refractivity (Wildman–Crippen MR) is 60.4 cm³/mol. The van der Waals surface area contributed by atoms with Crippen molar-refractivity contribution in [2.75, 3.05) is 11.9 Å². The molecular weight excluding hydrogens is 246 g/mol. The lowest BCUT2D eigenvalue weighted by atomic mass is 10.2. The smallest absolute Gasteiger partial charge is 0.411 e. The fourth-order valence-corrected chi connectivity index (χ4v) is 1.16. The van der Waals surface area contributed by atoms with Crippen molar-refractivity contribution in [1.82, 2.24) is 0 Å². The highest BCUT2D eigenvalue weighted by atomic mass is 16.6. The average molecular weight is 255 g/mol. The summed E-state index contributed by atoms with van der Waals surface area (Å²) in [6.45, 7) is 1.69. The molecule has 1 N–H and O–H groups in total. The van der Waals surface area contributed by atoms with Crippen molar-refractivity contribution in [2.24, 2.45) is 0 Å². The van der Waals surface area contributed by atoms with E-state index in [1.165, 1.54) is 0 Å². The van der Waals surface area contributed by atoms with Crippen LogP contribution in [0.4, 0.5) is 21.9 Å². The second-order valence-electron chi connectivity index (χ2n) is 3.10. The zero-order valence-corrected chi connectivity index (χ0v) is 9.28. The van der Waals surface area contributed by atoms with Crippen LogP contribution in [0.25, 0.3) is 0 Å². The minimum absolute atomic E-state index is 0.0747. The largest absolute Gasteiger partial charge is 0.450 e. The number of hydrogen-bond acceptors (Lipinski definition) is 6. The first-order chi connectivity index (χ1) is 8.43. The Morgan fingerprint density at radius 1 is 1.22 bits per heavy atom. The molecule has 0 saturated carbocycles. The second-order valence-corrected chi connectivity index (χ2v) is 3.10. The highest BCUT2D eigenvalue weighted by Crippen LogP contribution is 2.25. The Bertz CT molecular complexity index is 469. The summed E-state index contributed by atoms with van der Waals surface area (Å²) in [6.07, 6.45) is -0.840. The van der Waals surface area contributed by atoms with E-state index in [0.717, 1.165) is 18.2 Å². The monoisotopic (exact) mass is 255 g/mol. The predicted octanol–water partition coefficient (Wildman–Crippen LogP) is 2.07. The Balaban J connectivity index is 3.07. The van der Waals surface area contributed by atoms with Gasteiger partial charge < -0.3 is 4.74 Å². The number of carbonyl (C=O) groups excluding carboxylic acids is 1. The lowest BCUT2D eigenvalue weighted by Gasteiger charge is -2.04. The van der Waals surface area contributed by atoms with E-state index in [0.29, 0.717) is 0 Å². The zero-order chi connectivity index (χ0) is 13.7. The fourth-order valence-electron chi connectivity index (χ4n) is 1.16. The van der Waals surface area contributed by atoms with Gasteiger partial charge in [0.15, 0.2) is 0 Å². The molecule has 1 aromatic rings. The van der Waals surface area contributed by atoms with Crippen molar-refractivity contribution in [1.29, 1.82) is 0 Å². The van der Waals surface area contributed by atoms with Crippen LogP contribution >= 0.6 is 0 Å². The van der Waals surface area contributed by atoms with Gasteiger partial charge in [-0.3, -0.25) is 25.5 Å². The Kier molecular flexibility index (Phi) is 4.13. The number of amides is 1. The van der Waals surface area contributed by atoms with Crippen LogP contribution < -0.4 is 5.32 Å². The van der Waals surface area contributed by atoms with E-state index in [1.54, 1.807) is 6.92 Å². The number of ether oxygens (including phenoxy) is 1. The number of carbonyl (C=O) groups is 1. The number of nitro benzene ring substituents is 2. The standard InChI is InChI=1S/C9H9N3O6/c1-2-18-9(13)10-6-3-7(11(14)15)5-8(4-6)12(16)17/h3-5H,2H2,1H3,(H,10,13). The first-order valence-electron chi connectivity index (χ1n) is 4.81. The van der Waals surface area contributed by atoms with Gasteiger partial charge in [0, 0.05) is 12.1 Å². The van der Waals surface area contributed by atoms with Gasteiger partial charge in [0.1, 0.15) is 0 Å². The summed E-state index contributed by atoms with van der Waals surface area (Å²) in [5.74, 6) is 0.